The molecule has 0 amide bonds. The van der Waals surface area contributed by atoms with E-state index in [0.717, 1.165) is 18.5 Å². The van der Waals surface area contributed by atoms with Gasteiger partial charge in [-0.3, -0.25) is 4.68 Å². The van der Waals surface area contributed by atoms with Crippen LogP contribution in [0.3, 0.4) is 0 Å². The first-order chi connectivity index (χ1) is 9.11. The summed E-state index contributed by atoms with van der Waals surface area (Å²) in [4.78, 5) is 0. The fourth-order valence-corrected chi connectivity index (χ4v) is 2.40. The second-order valence-corrected chi connectivity index (χ2v) is 5.22. The maximum atomic E-state index is 6.35. The van der Waals surface area contributed by atoms with Crippen molar-refractivity contribution in [3.05, 3.63) is 53.3 Å². The van der Waals surface area contributed by atoms with Crippen LogP contribution in [0.1, 0.15) is 36.8 Å². The summed E-state index contributed by atoms with van der Waals surface area (Å²) in [5.74, 6) is 0.391. The SMILES string of the molecule is CCc1cc(CC(C)C(N)c2ccccc2)n(C)n1. The molecule has 1 aromatic carbocycles. The van der Waals surface area contributed by atoms with Crippen molar-refractivity contribution in [2.75, 3.05) is 0 Å². The second-order valence-electron chi connectivity index (χ2n) is 5.22. The number of nitrogens with two attached hydrogens (primary N) is 1. The van der Waals surface area contributed by atoms with Crippen molar-refractivity contribution in [3.63, 3.8) is 0 Å². The number of hydrogen-bond donors (Lipinski definition) is 1. The maximum Gasteiger partial charge on any atom is 0.0624 e. The average molecular weight is 257 g/mol. The molecule has 0 aliphatic carbocycles. The molecule has 1 aromatic heterocycles. The van der Waals surface area contributed by atoms with Gasteiger partial charge in [0.15, 0.2) is 0 Å². The molecule has 102 valence electrons. The zero-order valence-electron chi connectivity index (χ0n) is 12.0. The summed E-state index contributed by atoms with van der Waals surface area (Å²) in [5, 5.41) is 4.49. The fourth-order valence-electron chi connectivity index (χ4n) is 2.40. The van der Waals surface area contributed by atoms with Crippen LogP contribution in [0.2, 0.25) is 0 Å². The zero-order chi connectivity index (χ0) is 13.8. The van der Waals surface area contributed by atoms with Gasteiger partial charge in [-0.1, -0.05) is 44.2 Å². The van der Waals surface area contributed by atoms with E-state index in [-0.39, 0.29) is 6.04 Å². The van der Waals surface area contributed by atoms with Crippen molar-refractivity contribution < 1.29 is 0 Å². The topological polar surface area (TPSA) is 43.8 Å². The van der Waals surface area contributed by atoms with E-state index in [2.05, 4.69) is 37.1 Å². The molecule has 0 radical (unpaired) electrons. The van der Waals surface area contributed by atoms with Crippen molar-refractivity contribution in [2.45, 2.75) is 32.7 Å². The van der Waals surface area contributed by atoms with E-state index in [4.69, 9.17) is 5.73 Å². The van der Waals surface area contributed by atoms with Crippen LogP contribution in [0, 0.1) is 5.92 Å². The lowest BCUT2D eigenvalue weighted by Gasteiger charge is -2.20. The molecule has 0 saturated heterocycles. The highest BCUT2D eigenvalue weighted by molar-refractivity contribution is 5.20. The Bertz CT molecular complexity index is 516. The van der Waals surface area contributed by atoms with E-state index in [9.17, 15) is 0 Å². The van der Waals surface area contributed by atoms with Gasteiger partial charge >= 0.3 is 0 Å². The van der Waals surface area contributed by atoms with Crippen LogP contribution in [0.25, 0.3) is 0 Å². The van der Waals surface area contributed by atoms with Gasteiger partial charge in [-0.05, 0) is 30.4 Å². The Hall–Kier alpha value is -1.61. The lowest BCUT2D eigenvalue weighted by molar-refractivity contribution is 0.454. The molecule has 2 atom stereocenters. The van der Waals surface area contributed by atoms with E-state index in [1.807, 2.05) is 29.9 Å². The summed E-state index contributed by atoms with van der Waals surface area (Å²) in [6.45, 7) is 4.33. The van der Waals surface area contributed by atoms with E-state index in [1.54, 1.807) is 0 Å². The molecule has 19 heavy (non-hydrogen) atoms. The van der Waals surface area contributed by atoms with Gasteiger partial charge in [0, 0.05) is 18.8 Å². The molecule has 0 saturated carbocycles. The highest BCUT2D eigenvalue weighted by Crippen LogP contribution is 2.22. The molecule has 0 aliphatic heterocycles. The summed E-state index contributed by atoms with van der Waals surface area (Å²) < 4.78 is 1.98. The summed E-state index contributed by atoms with van der Waals surface area (Å²) in [6.07, 6.45) is 1.94. The molecule has 0 bridgehead atoms. The Morgan fingerprint density at radius 1 is 1.26 bits per heavy atom. The van der Waals surface area contributed by atoms with Crippen molar-refractivity contribution in [1.82, 2.24) is 9.78 Å². The van der Waals surface area contributed by atoms with Crippen LogP contribution >= 0.6 is 0 Å². The van der Waals surface area contributed by atoms with Gasteiger partial charge in [-0.25, -0.2) is 0 Å². The van der Waals surface area contributed by atoms with Gasteiger partial charge in [0.25, 0.3) is 0 Å². The summed E-state index contributed by atoms with van der Waals surface area (Å²) in [5.41, 5.74) is 9.96. The minimum absolute atomic E-state index is 0.0705. The lowest BCUT2D eigenvalue weighted by atomic mass is 9.91. The molecule has 0 spiro atoms. The van der Waals surface area contributed by atoms with Crippen LogP contribution in [0.5, 0.6) is 0 Å². The summed E-state index contributed by atoms with van der Waals surface area (Å²) in [6, 6.07) is 12.6. The van der Waals surface area contributed by atoms with Gasteiger partial charge < -0.3 is 5.73 Å². The maximum absolute atomic E-state index is 6.35. The first-order valence-corrected chi connectivity index (χ1v) is 6.94. The standard InChI is InChI=1S/C16H23N3/c1-4-14-11-15(19(3)18-14)10-12(2)16(17)13-8-6-5-7-9-13/h5-9,11-12,16H,4,10,17H2,1-3H3. The van der Waals surface area contributed by atoms with E-state index >= 15 is 0 Å². The van der Waals surface area contributed by atoms with Crippen molar-refractivity contribution >= 4 is 0 Å². The van der Waals surface area contributed by atoms with Crippen molar-refractivity contribution in [1.29, 1.82) is 0 Å². The molecule has 3 nitrogen and oxygen atoms in total. The van der Waals surface area contributed by atoms with Crippen molar-refractivity contribution in [2.24, 2.45) is 18.7 Å². The van der Waals surface area contributed by atoms with Gasteiger partial charge in [0.05, 0.1) is 5.69 Å². The first kappa shape index (κ1) is 13.8. The van der Waals surface area contributed by atoms with Crippen LogP contribution in [0.4, 0.5) is 0 Å². The van der Waals surface area contributed by atoms with Gasteiger partial charge in [-0.15, -0.1) is 0 Å². The highest BCUT2D eigenvalue weighted by atomic mass is 15.3. The Morgan fingerprint density at radius 2 is 1.95 bits per heavy atom. The molecular weight excluding hydrogens is 234 g/mol. The first-order valence-electron chi connectivity index (χ1n) is 6.94. The largest absolute Gasteiger partial charge is 0.324 e. The molecular formula is C16H23N3. The molecule has 2 N–H and O–H groups in total. The van der Waals surface area contributed by atoms with E-state index in [1.165, 1.54) is 11.3 Å². The van der Waals surface area contributed by atoms with Crippen LogP contribution < -0.4 is 5.73 Å². The van der Waals surface area contributed by atoms with Gasteiger partial charge in [0.1, 0.15) is 0 Å². The minimum Gasteiger partial charge on any atom is -0.324 e. The number of rotatable bonds is 5. The van der Waals surface area contributed by atoms with Crippen LogP contribution in [-0.2, 0) is 19.9 Å². The Kier molecular flexibility index (Phi) is 4.38. The van der Waals surface area contributed by atoms with Crippen molar-refractivity contribution in [3.8, 4) is 0 Å². The molecule has 0 fully saturated rings. The Labute approximate surface area is 115 Å². The van der Waals surface area contributed by atoms with E-state index in [0.29, 0.717) is 5.92 Å². The van der Waals surface area contributed by atoms with Gasteiger partial charge in [-0.2, -0.15) is 5.10 Å². The predicted octanol–water partition coefficient (Wildman–Crippen LogP) is 2.86. The Morgan fingerprint density at radius 3 is 2.53 bits per heavy atom. The lowest BCUT2D eigenvalue weighted by Crippen LogP contribution is -2.21. The fraction of sp³-hybridized carbons (Fsp3) is 0.438. The smallest absolute Gasteiger partial charge is 0.0624 e. The highest BCUT2D eigenvalue weighted by Gasteiger charge is 2.17. The molecule has 2 unspecified atom stereocenters. The normalized spacial score (nSPS) is 14.3. The number of aryl methyl sites for hydroxylation is 2. The number of benzene rings is 1. The molecule has 1 heterocycles. The number of aromatic nitrogens is 2. The quantitative estimate of drug-likeness (QED) is 0.895. The predicted molar refractivity (Wildman–Crippen MR) is 78.8 cm³/mol. The third kappa shape index (κ3) is 3.24. The van der Waals surface area contributed by atoms with Gasteiger partial charge in [0.2, 0.25) is 0 Å². The molecule has 2 aromatic rings. The van der Waals surface area contributed by atoms with E-state index < -0.39 is 0 Å². The Balaban J connectivity index is 2.08. The minimum atomic E-state index is 0.0705. The number of hydrogen-bond acceptors (Lipinski definition) is 2. The molecule has 0 aliphatic rings. The average Bonchev–Trinajstić information content (AvgIpc) is 2.79. The second kappa shape index (κ2) is 6.02. The number of nitrogens with zero attached hydrogens (tertiary/aromatic N) is 2. The third-order valence-corrected chi connectivity index (χ3v) is 3.72. The molecule has 3 heteroatoms. The monoisotopic (exact) mass is 257 g/mol. The zero-order valence-corrected chi connectivity index (χ0v) is 12.0. The molecule has 2 rings (SSSR count). The van der Waals surface area contributed by atoms with Crippen LogP contribution in [-0.4, -0.2) is 9.78 Å². The third-order valence-electron chi connectivity index (χ3n) is 3.72. The van der Waals surface area contributed by atoms with Crippen LogP contribution in [0.15, 0.2) is 36.4 Å². The summed E-state index contributed by atoms with van der Waals surface area (Å²) >= 11 is 0. The summed E-state index contributed by atoms with van der Waals surface area (Å²) in [7, 11) is 2.01.